The van der Waals surface area contributed by atoms with Gasteiger partial charge in [0.15, 0.2) is 0 Å². The first-order chi connectivity index (χ1) is 23.8. The van der Waals surface area contributed by atoms with E-state index in [0.717, 1.165) is 69.5 Å². The number of anilines is 1. The fraction of sp³-hybridized carbons (Fsp3) is 0.474. The molecule has 2 fully saturated rings. The number of aryl methyl sites for hydroxylation is 1. The second kappa shape index (κ2) is 15.9. The van der Waals surface area contributed by atoms with Crippen LogP contribution >= 0.6 is 0 Å². The van der Waals surface area contributed by atoms with Crippen molar-refractivity contribution in [1.29, 1.82) is 0 Å². The van der Waals surface area contributed by atoms with Gasteiger partial charge in [-0.1, -0.05) is 48.6 Å². The Hall–Kier alpha value is -4.32. The van der Waals surface area contributed by atoms with E-state index >= 15 is 0 Å². The number of amides is 1. The largest absolute Gasteiger partial charge is 0.481 e. The van der Waals surface area contributed by atoms with E-state index in [1.54, 1.807) is 23.1 Å². The highest BCUT2D eigenvalue weighted by Gasteiger charge is 2.36. The first-order valence-electron chi connectivity index (χ1n) is 17.6. The number of carbonyl (C=O) groups is 2. The maximum absolute atomic E-state index is 13.6. The van der Waals surface area contributed by atoms with Crippen LogP contribution in [0.15, 0.2) is 73.2 Å². The number of carboxylic acids is 1. The van der Waals surface area contributed by atoms with Crippen LogP contribution in [0.4, 0.5) is 5.82 Å². The Labute approximate surface area is 288 Å². The summed E-state index contributed by atoms with van der Waals surface area (Å²) in [4.78, 5) is 33.7. The first kappa shape index (κ1) is 34.5. The normalized spacial score (nSPS) is 23.0. The van der Waals surface area contributed by atoms with Crippen LogP contribution in [-0.4, -0.2) is 100 Å². The number of nitrogens with one attached hydrogen (secondary N) is 1. The topological polar surface area (TPSA) is 139 Å². The Bertz CT molecular complexity index is 1650. The predicted molar refractivity (Wildman–Crippen MR) is 191 cm³/mol. The van der Waals surface area contributed by atoms with Gasteiger partial charge < -0.3 is 25.8 Å². The summed E-state index contributed by atoms with van der Waals surface area (Å²) >= 11 is 0. The van der Waals surface area contributed by atoms with Gasteiger partial charge in [-0.05, 0) is 62.8 Å². The summed E-state index contributed by atoms with van der Waals surface area (Å²) in [5.74, 6) is -0.872. The molecule has 11 heteroatoms. The second-order valence-corrected chi connectivity index (χ2v) is 13.9. The third-order valence-electron chi connectivity index (χ3n) is 10.1. The van der Waals surface area contributed by atoms with Gasteiger partial charge in [0, 0.05) is 74.6 Å². The molecule has 1 unspecified atom stereocenters. The van der Waals surface area contributed by atoms with Crippen LogP contribution in [0, 0.1) is 5.41 Å². The third kappa shape index (κ3) is 9.03. The molecule has 3 heterocycles. The molecule has 4 N–H and O–H groups in total. The molecular formula is C38H49N7O4. The minimum atomic E-state index is -0.794. The lowest BCUT2D eigenvalue weighted by atomic mass is 9.79. The molecule has 1 amide bonds. The van der Waals surface area contributed by atoms with Crippen LogP contribution < -0.4 is 11.1 Å². The van der Waals surface area contributed by atoms with Gasteiger partial charge in [0.1, 0.15) is 5.82 Å². The summed E-state index contributed by atoms with van der Waals surface area (Å²) in [7, 11) is 2.18. The lowest BCUT2D eigenvalue weighted by Gasteiger charge is -2.41. The lowest BCUT2D eigenvalue weighted by molar-refractivity contribution is -0.137. The molecule has 3 aliphatic rings. The number of likely N-dealkylation sites (N-methyl/N-ethyl adjacent to an activating group) is 1. The predicted octanol–water partition coefficient (Wildman–Crippen LogP) is 4.73. The molecule has 1 saturated carbocycles. The van der Waals surface area contributed by atoms with Gasteiger partial charge in [-0.3, -0.25) is 19.2 Å². The molecule has 0 bridgehead atoms. The standard InChI is InChI=1S/C38H49N7O4/c1-43-18-20-44(21-19-43)26-38(15-13-29(14-16-38)28-8-3-2-4-9-28)27-49-34-11-7-10-33(34)42-37(48)32-22-30(23-40-36(32)39)31-24-41-45(25-31)17-6-5-12-35(46)47/h2-4,8-9,13-15,22-25,33-34H,5-7,10-12,16-21,26-27H2,1H3,(H2,39,40)(H,42,48)(H,46,47)/t33-,34-,38?/m0/s1. The Morgan fingerprint density at radius 1 is 1.06 bits per heavy atom. The number of nitrogens with zero attached hydrogens (tertiary/aromatic N) is 5. The molecule has 6 rings (SSSR count). The molecule has 11 nitrogen and oxygen atoms in total. The zero-order valence-corrected chi connectivity index (χ0v) is 28.5. The number of carbonyl (C=O) groups excluding carboxylic acids is 1. The summed E-state index contributed by atoms with van der Waals surface area (Å²) in [5, 5.41) is 16.5. The van der Waals surface area contributed by atoms with Crippen molar-refractivity contribution >= 4 is 23.3 Å². The number of rotatable bonds is 14. The van der Waals surface area contributed by atoms with E-state index in [4.69, 9.17) is 15.6 Å². The fourth-order valence-electron chi connectivity index (χ4n) is 7.09. The molecule has 0 radical (unpaired) electrons. The van der Waals surface area contributed by atoms with Crippen LogP contribution in [0.1, 0.15) is 60.9 Å². The number of aliphatic carboxylic acids is 1. The number of aromatic nitrogens is 3. The Morgan fingerprint density at radius 2 is 1.88 bits per heavy atom. The number of hydrogen-bond donors (Lipinski definition) is 3. The summed E-state index contributed by atoms with van der Waals surface area (Å²) in [5.41, 5.74) is 10.4. The number of allylic oxidation sites excluding steroid dienone is 3. The van der Waals surface area contributed by atoms with Gasteiger partial charge in [-0.25, -0.2) is 4.98 Å². The summed E-state index contributed by atoms with van der Waals surface area (Å²) in [6, 6.07) is 12.2. The van der Waals surface area contributed by atoms with E-state index < -0.39 is 5.97 Å². The van der Waals surface area contributed by atoms with Gasteiger partial charge in [0.05, 0.1) is 30.5 Å². The molecule has 1 aromatic carbocycles. The van der Waals surface area contributed by atoms with Crippen molar-refractivity contribution in [3.63, 3.8) is 0 Å². The number of pyridine rings is 1. The summed E-state index contributed by atoms with van der Waals surface area (Å²) in [6.07, 6.45) is 17.2. The maximum Gasteiger partial charge on any atom is 0.303 e. The van der Waals surface area contributed by atoms with E-state index in [1.165, 1.54) is 11.1 Å². The quantitative estimate of drug-likeness (QED) is 0.208. The molecule has 0 spiro atoms. The zero-order chi connectivity index (χ0) is 34.2. The molecule has 49 heavy (non-hydrogen) atoms. The highest BCUT2D eigenvalue weighted by Crippen LogP contribution is 2.36. The van der Waals surface area contributed by atoms with E-state index in [9.17, 15) is 9.59 Å². The first-order valence-corrected chi connectivity index (χ1v) is 17.6. The van der Waals surface area contributed by atoms with Crippen LogP contribution in [0.5, 0.6) is 0 Å². The SMILES string of the molecule is CN1CCN(CC2(CO[C@H]3CCC[C@@H]3NC(=O)c3cc(-c4cnn(CCCCC(=O)O)c4)cnc3N)C=CC(c3ccccc3)=CC2)CC1. The molecule has 1 aliphatic heterocycles. The highest BCUT2D eigenvalue weighted by atomic mass is 16.5. The minimum absolute atomic E-state index is 0.0852. The second-order valence-electron chi connectivity index (χ2n) is 13.9. The van der Waals surface area contributed by atoms with Gasteiger partial charge in [0.2, 0.25) is 0 Å². The monoisotopic (exact) mass is 667 g/mol. The smallest absolute Gasteiger partial charge is 0.303 e. The van der Waals surface area contributed by atoms with E-state index in [2.05, 4.69) is 74.7 Å². The number of benzene rings is 1. The number of nitrogen functional groups attached to an aromatic ring is 1. The van der Waals surface area contributed by atoms with Crippen LogP contribution in [0.25, 0.3) is 16.7 Å². The number of unbranched alkanes of at least 4 members (excludes halogenated alkanes) is 1. The molecule has 260 valence electrons. The molecule has 2 aromatic heterocycles. The number of hydrogen-bond acceptors (Lipinski definition) is 8. The van der Waals surface area contributed by atoms with Crippen molar-refractivity contribution in [3.8, 4) is 11.1 Å². The average Bonchev–Trinajstić information content (AvgIpc) is 3.77. The number of nitrogens with two attached hydrogens (primary N) is 1. The Kier molecular flexibility index (Phi) is 11.2. The van der Waals surface area contributed by atoms with Crippen molar-refractivity contribution in [2.24, 2.45) is 5.41 Å². The van der Waals surface area contributed by atoms with Crippen molar-refractivity contribution in [1.82, 2.24) is 29.9 Å². The van der Waals surface area contributed by atoms with Gasteiger partial charge in [-0.15, -0.1) is 0 Å². The maximum atomic E-state index is 13.6. The van der Waals surface area contributed by atoms with Crippen molar-refractivity contribution in [3.05, 3.63) is 84.3 Å². The van der Waals surface area contributed by atoms with Crippen molar-refractivity contribution in [2.75, 3.05) is 52.1 Å². The van der Waals surface area contributed by atoms with Gasteiger partial charge in [-0.2, -0.15) is 5.10 Å². The number of carboxylic acid groups (broad SMARTS) is 1. The molecular weight excluding hydrogens is 618 g/mol. The van der Waals surface area contributed by atoms with Crippen LogP contribution in [0.2, 0.25) is 0 Å². The molecule has 3 atom stereocenters. The number of piperazine rings is 1. The average molecular weight is 668 g/mol. The van der Waals surface area contributed by atoms with E-state index in [1.807, 2.05) is 12.3 Å². The Balaban J connectivity index is 1.09. The third-order valence-corrected chi connectivity index (χ3v) is 10.1. The van der Waals surface area contributed by atoms with Crippen molar-refractivity contribution in [2.45, 2.75) is 63.6 Å². The van der Waals surface area contributed by atoms with Crippen LogP contribution in [-0.2, 0) is 16.1 Å². The van der Waals surface area contributed by atoms with Crippen molar-refractivity contribution < 1.29 is 19.4 Å². The van der Waals surface area contributed by atoms with Gasteiger partial charge >= 0.3 is 5.97 Å². The van der Waals surface area contributed by atoms with E-state index in [-0.39, 0.29) is 35.7 Å². The minimum Gasteiger partial charge on any atom is -0.481 e. The van der Waals surface area contributed by atoms with Gasteiger partial charge in [0.25, 0.3) is 5.91 Å². The van der Waals surface area contributed by atoms with E-state index in [0.29, 0.717) is 31.6 Å². The zero-order valence-electron chi connectivity index (χ0n) is 28.5. The van der Waals surface area contributed by atoms with Crippen LogP contribution in [0.3, 0.4) is 0 Å². The molecule has 3 aromatic rings. The lowest BCUT2D eigenvalue weighted by Crippen LogP contribution is -2.50. The Morgan fingerprint density at radius 3 is 2.63 bits per heavy atom. The molecule has 1 saturated heterocycles. The number of ether oxygens (including phenoxy) is 1. The summed E-state index contributed by atoms with van der Waals surface area (Å²) in [6.45, 7) is 6.37. The fourth-order valence-corrected chi connectivity index (χ4v) is 7.09. The summed E-state index contributed by atoms with van der Waals surface area (Å²) < 4.78 is 8.54. The highest BCUT2D eigenvalue weighted by molar-refractivity contribution is 5.99. The molecule has 2 aliphatic carbocycles.